The highest BCUT2D eigenvalue weighted by molar-refractivity contribution is 9.10. The third kappa shape index (κ3) is 3.46. The molecule has 0 unspecified atom stereocenters. The number of amides is 1. The summed E-state index contributed by atoms with van der Waals surface area (Å²) < 4.78 is 28.1. The summed E-state index contributed by atoms with van der Waals surface area (Å²) >= 11 is 3.04. The summed E-state index contributed by atoms with van der Waals surface area (Å²) in [5, 5.41) is 7.16. The van der Waals surface area contributed by atoms with Crippen molar-refractivity contribution in [2.45, 2.75) is 11.6 Å². The highest BCUT2D eigenvalue weighted by Crippen LogP contribution is 2.18. The summed E-state index contributed by atoms with van der Waals surface area (Å²) in [6.45, 7) is 0.0150. The molecule has 21 heavy (non-hydrogen) atoms. The summed E-state index contributed by atoms with van der Waals surface area (Å²) in [6.07, 6.45) is 0. The number of nitrogens with two attached hydrogens (primary N) is 1. The third-order valence-electron chi connectivity index (χ3n) is 2.67. The van der Waals surface area contributed by atoms with Gasteiger partial charge in [0.2, 0.25) is 10.9 Å². The van der Waals surface area contributed by atoms with Crippen molar-refractivity contribution < 1.29 is 13.2 Å². The summed E-state index contributed by atoms with van der Waals surface area (Å²) in [4.78, 5) is 11.1. The lowest BCUT2D eigenvalue weighted by Gasteiger charge is -2.07. The van der Waals surface area contributed by atoms with E-state index in [4.69, 9.17) is 5.73 Å². The number of sulfonamides is 1. The number of carbonyl (C=O) groups excluding carboxylic acids is 1. The molecule has 0 aliphatic rings. The molecule has 0 aliphatic heterocycles. The van der Waals surface area contributed by atoms with Crippen LogP contribution in [-0.2, 0) is 23.6 Å². The molecule has 0 fully saturated rings. The lowest BCUT2D eigenvalue weighted by Crippen LogP contribution is -2.26. The topological polar surface area (TPSA) is 120 Å². The van der Waals surface area contributed by atoms with Crippen molar-refractivity contribution in [1.82, 2.24) is 19.7 Å². The van der Waals surface area contributed by atoms with Gasteiger partial charge in [-0.3, -0.25) is 4.79 Å². The van der Waals surface area contributed by atoms with E-state index in [1.165, 1.54) is 13.1 Å². The summed E-state index contributed by atoms with van der Waals surface area (Å²) in [5.74, 6) is -0.571. The van der Waals surface area contributed by atoms with E-state index in [2.05, 4.69) is 31.0 Å². The van der Waals surface area contributed by atoms with Gasteiger partial charge in [0.15, 0.2) is 4.60 Å². The predicted octanol–water partition coefficient (Wildman–Crippen LogP) is 0.155. The van der Waals surface area contributed by atoms with Gasteiger partial charge in [-0.15, -0.1) is 5.10 Å². The van der Waals surface area contributed by atoms with Gasteiger partial charge in [-0.05, 0) is 33.6 Å². The highest BCUT2D eigenvalue weighted by atomic mass is 79.9. The summed E-state index contributed by atoms with van der Waals surface area (Å²) in [5.41, 5.74) is 6.10. The van der Waals surface area contributed by atoms with Gasteiger partial charge in [-0.2, -0.15) is 0 Å². The number of nitrogens with zero attached hydrogens (tertiary/aromatic N) is 3. The highest BCUT2D eigenvalue weighted by Gasteiger charge is 2.23. The van der Waals surface area contributed by atoms with Crippen LogP contribution in [0.1, 0.15) is 15.9 Å². The van der Waals surface area contributed by atoms with Gasteiger partial charge in [0.05, 0.1) is 0 Å². The molecular formula is C11H12BrN5O3S. The van der Waals surface area contributed by atoms with Crippen molar-refractivity contribution in [1.29, 1.82) is 0 Å². The second-order valence-electron chi connectivity index (χ2n) is 4.20. The van der Waals surface area contributed by atoms with Gasteiger partial charge in [0.25, 0.3) is 10.0 Å². The Balaban J connectivity index is 2.20. The van der Waals surface area contributed by atoms with Crippen molar-refractivity contribution >= 4 is 31.9 Å². The molecule has 0 spiro atoms. The average Bonchev–Trinajstić information content (AvgIpc) is 2.77. The first-order valence-corrected chi connectivity index (χ1v) is 8.02. The number of halogens is 1. The second kappa shape index (κ2) is 5.92. The van der Waals surface area contributed by atoms with E-state index in [1.54, 1.807) is 18.2 Å². The summed E-state index contributed by atoms with van der Waals surface area (Å²) in [7, 11) is -2.31. The Kier molecular flexibility index (Phi) is 4.40. The molecule has 1 aromatic heterocycles. The predicted molar refractivity (Wildman–Crippen MR) is 77.7 cm³/mol. The normalized spacial score (nSPS) is 11.5. The average molecular weight is 374 g/mol. The number of hydrogen-bond donors (Lipinski definition) is 2. The zero-order valence-electron chi connectivity index (χ0n) is 10.9. The van der Waals surface area contributed by atoms with Gasteiger partial charge in [-0.1, -0.05) is 17.3 Å². The Morgan fingerprint density at radius 1 is 1.48 bits per heavy atom. The molecule has 0 radical (unpaired) electrons. The van der Waals surface area contributed by atoms with Crippen molar-refractivity contribution in [2.75, 3.05) is 0 Å². The molecule has 10 heteroatoms. The number of rotatable bonds is 5. The molecule has 2 aromatic rings. The van der Waals surface area contributed by atoms with Gasteiger partial charge in [0.1, 0.15) is 0 Å². The first kappa shape index (κ1) is 15.6. The fourth-order valence-corrected chi connectivity index (χ4v) is 3.80. The number of benzene rings is 1. The molecule has 0 atom stereocenters. The maximum absolute atomic E-state index is 12.2. The van der Waals surface area contributed by atoms with Gasteiger partial charge in [-0.25, -0.2) is 17.8 Å². The summed E-state index contributed by atoms with van der Waals surface area (Å²) in [6, 6.07) is 6.40. The number of aromatic nitrogens is 3. The molecular weight excluding hydrogens is 362 g/mol. The SMILES string of the molecule is Cn1nnc(Br)c1S(=O)(=O)NCc1cccc(C(N)=O)c1. The monoisotopic (exact) mass is 373 g/mol. The van der Waals surface area contributed by atoms with E-state index in [9.17, 15) is 13.2 Å². The third-order valence-corrected chi connectivity index (χ3v) is 4.96. The van der Waals surface area contributed by atoms with Crippen LogP contribution in [0.15, 0.2) is 33.9 Å². The van der Waals surface area contributed by atoms with Crippen LogP contribution in [0, 0.1) is 0 Å². The van der Waals surface area contributed by atoms with Gasteiger partial charge >= 0.3 is 0 Å². The fraction of sp³-hybridized carbons (Fsp3) is 0.182. The van der Waals surface area contributed by atoms with Gasteiger partial charge < -0.3 is 5.73 Å². The zero-order valence-corrected chi connectivity index (χ0v) is 13.3. The van der Waals surface area contributed by atoms with Gasteiger partial charge in [0, 0.05) is 19.2 Å². The molecule has 1 aromatic carbocycles. The fourth-order valence-electron chi connectivity index (χ4n) is 1.69. The largest absolute Gasteiger partial charge is 0.366 e. The molecule has 1 amide bonds. The number of primary amides is 1. The molecule has 0 saturated carbocycles. The maximum Gasteiger partial charge on any atom is 0.260 e. The first-order chi connectivity index (χ1) is 9.81. The molecule has 3 N–H and O–H groups in total. The quantitative estimate of drug-likeness (QED) is 0.772. The van der Waals surface area contributed by atoms with E-state index in [1.807, 2.05) is 0 Å². The molecule has 0 saturated heterocycles. The lowest BCUT2D eigenvalue weighted by molar-refractivity contribution is 0.1000. The molecule has 112 valence electrons. The van der Waals surface area contributed by atoms with Crippen LogP contribution in [0.25, 0.3) is 0 Å². The Bertz CT molecular complexity index is 767. The molecule has 0 bridgehead atoms. The smallest absolute Gasteiger partial charge is 0.260 e. The Hall–Kier alpha value is -1.78. The number of aryl methyl sites for hydroxylation is 1. The van der Waals surface area contributed by atoms with Crippen molar-refractivity contribution in [3.63, 3.8) is 0 Å². The van der Waals surface area contributed by atoms with Crippen LogP contribution in [0.2, 0.25) is 0 Å². The molecule has 2 rings (SSSR count). The van der Waals surface area contributed by atoms with E-state index >= 15 is 0 Å². The van der Waals surface area contributed by atoms with Crippen molar-refractivity contribution in [3.8, 4) is 0 Å². The first-order valence-electron chi connectivity index (χ1n) is 5.75. The second-order valence-corrected chi connectivity index (χ2v) is 6.63. The van der Waals surface area contributed by atoms with Crippen molar-refractivity contribution in [2.24, 2.45) is 12.8 Å². The minimum Gasteiger partial charge on any atom is -0.366 e. The van der Waals surface area contributed by atoms with Crippen LogP contribution in [0.3, 0.4) is 0 Å². The number of nitrogens with one attached hydrogen (secondary N) is 1. The molecule has 1 heterocycles. The van der Waals surface area contributed by atoms with Crippen LogP contribution >= 0.6 is 15.9 Å². The molecule has 8 nitrogen and oxygen atoms in total. The Morgan fingerprint density at radius 3 is 2.76 bits per heavy atom. The van der Waals surface area contributed by atoms with Crippen LogP contribution in [-0.4, -0.2) is 29.3 Å². The number of carbonyl (C=O) groups is 1. The Morgan fingerprint density at radius 2 is 2.19 bits per heavy atom. The minimum absolute atomic E-state index is 0.0150. The van der Waals surface area contributed by atoms with E-state index in [0.29, 0.717) is 11.1 Å². The maximum atomic E-state index is 12.2. The zero-order chi connectivity index (χ0) is 15.6. The van der Waals surface area contributed by atoms with E-state index in [-0.39, 0.29) is 16.2 Å². The van der Waals surface area contributed by atoms with Crippen molar-refractivity contribution in [3.05, 3.63) is 40.0 Å². The molecule has 0 aliphatic carbocycles. The van der Waals surface area contributed by atoms with Crippen LogP contribution in [0.5, 0.6) is 0 Å². The van der Waals surface area contributed by atoms with Crippen LogP contribution in [0.4, 0.5) is 0 Å². The number of hydrogen-bond acceptors (Lipinski definition) is 5. The minimum atomic E-state index is -3.78. The lowest BCUT2D eigenvalue weighted by atomic mass is 10.1. The van der Waals surface area contributed by atoms with E-state index < -0.39 is 15.9 Å². The Labute approximate surface area is 129 Å². The van der Waals surface area contributed by atoms with Crippen LogP contribution < -0.4 is 10.5 Å². The standard InChI is InChI=1S/C11H12BrN5O3S/c1-17-11(9(12)15-16-17)21(19,20)14-6-7-3-2-4-8(5-7)10(13)18/h2-5,14H,6H2,1H3,(H2,13,18). The van der Waals surface area contributed by atoms with E-state index in [0.717, 1.165) is 4.68 Å².